The number of anilines is 1. The average Bonchev–Trinajstić information content (AvgIpc) is 2.75. The Morgan fingerprint density at radius 1 is 1.07 bits per heavy atom. The Labute approximate surface area is 168 Å². The smallest absolute Gasteiger partial charge is 0.272 e. The van der Waals surface area contributed by atoms with Crippen molar-refractivity contribution in [1.29, 1.82) is 0 Å². The summed E-state index contributed by atoms with van der Waals surface area (Å²) in [5, 5.41) is 25.4. The summed E-state index contributed by atoms with van der Waals surface area (Å²) < 4.78 is 5.55. The van der Waals surface area contributed by atoms with Crippen LogP contribution in [0.5, 0.6) is 17.2 Å². The second-order valence-corrected chi connectivity index (χ2v) is 6.59. The number of nitrogens with zero attached hydrogens (tertiary/aromatic N) is 1. The first-order chi connectivity index (χ1) is 14.2. The van der Waals surface area contributed by atoms with Crippen LogP contribution in [0.25, 0.3) is 10.9 Å². The fraction of sp³-hybridized carbons (Fsp3) is 0.130. The second kappa shape index (κ2) is 8.06. The van der Waals surface area contributed by atoms with Gasteiger partial charge in [0.25, 0.3) is 5.82 Å². The molecule has 146 valence electrons. The van der Waals surface area contributed by atoms with Crippen LogP contribution < -0.4 is 15.0 Å². The largest absolute Gasteiger partial charge is 0.505 e. The van der Waals surface area contributed by atoms with Crippen LogP contribution >= 0.6 is 0 Å². The van der Waals surface area contributed by atoms with Crippen LogP contribution in [-0.4, -0.2) is 21.8 Å². The molecule has 6 heteroatoms. The molecule has 0 unspecified atom stereocenters. The molecule has 4 rings (SSSR count). The third-order valence-electron chi connectivity index (χ3n) is 4.72. The van der Waals surface area contributed by atoms with E-state index in [1.165, 1.54) is 0 Å². The zero-order chi connectivity index (χ0) is 20.2. The number of phenols is 2. The van der Waals surface area contributed by atoms with Gasteiger partial charge in [0.15, 0.2) is 11.5 Å². The van der Waals surface area contributed by atoms with Crippen molar-refractivity contribution in [3.63, 3.8) is 0 Å². The maximum Gasteiger partial charge on any atom is 0.272 e. The third-order valence-corrected chi connectivity index (χ3v) is 4.72. The summed E-state index contributed by atoms with van der Waals surface area (Å²) in [4.78, 5) is 7.49. The molecular weight excluding hydrogens is 366 g/mol. The number of aromatic amines is 1. The van der Waals surface area contributed by atoms with E-state index < -0.39 is 6.04 Å². The van der Waals surface area contributed by atoms with Gasteiger partial charge in [-0.1, -0.05) is 24.3 Å². The molecule has 0 radical (unpaired) electrons. The van der Waals surface area contributed by atoms with Gasteiger partial charge < -0.3 is 14.9 Å². The Kier molecular flexibility index (Phi) is 5.16. The minimum atomic E-state index is -0.403. The van der Waals surface area contributed by atoms with Gasteiger partial charge in [0, 0.05) is 28.8 Å². The molecule has 2 heterocycles. The highest BCUT2D eigenvalue weighted by Crippen LogP contribution is 2.38. The molecule has 0 amide bonds. The van der Waals surface area contributed by atoms with Gasteiger partial charge in [-0.25, -0.2) is 4.98 Å². The lowest BCUT2D eigenvalue weighted by molar-refractivity contribution is -0.361. The van der Waals surface area contributed by atoms with E-state index in [1.807, 2.05) is 55.6 Å². The summed E-state index contributed by atoms with van der Waals surface area (Å²) in [7, 11) is 0. The number of nitrogens with one attached hydrogen (secondary N) is 2. The highest BCUT2D eigenvalue weighted by atomic mass is 16.5. The summed E-state index contributed by atoms with van der Waals surface area (Å²) in [5.41, 5.74) is 2.04. The summed E-state index contributed by atoms with van der Waals surface area (Å²) in [5.74, 6) is 1.36. The zero-order valence-corrected chi connectivity index (χ0v) is 16.0. The number of hydrogen-bond acceptors (Lipinski definition) is 5. The van der Waals surface area contributed by atoms with Crippen LogP contribution in [0.3, 0.4) is 0 Å². The van der Waals surface area contributed by atoms with Crippen LogP contribution in [0.4, 0.5) is 5.82 Å². The summed E-state index contributed by atoms with van der Waals surface area (Å²) in [6, 6.07) is 18.1. The van der Waals surface area contributed by atoms with E-state index in [4.69, 9.17) is 4.74 Å². The first-order valence-electron chi connectivity index (χ1n) is 9.43. The normalized spacial score (nSPS) is 11.9. The van der Waals surface area contributed by atoms with Gasteiger partial charge in [0.1, 0.15) is 17.3 Å². The Hall–Kier alpha value is -3.80. The van der Waals surface area contributed by atoms with Crippen molar-refractivity contribution >= 4 is 16.7 Å². The van der Waals surface area contributed by atoms with Crippen molar-refractivity contribution in [2.75, 3.05) is 11.9 Å². The van der Waals surface area contributed by atoms with E-state index in [9.17, 15) is 10.2 Å². The number of aromatic nitrogens is 2. The summed E-state index contributed by atoms with van der Waals surface area (Å²) >= 11 is 0. The number of ether oxygens (including phenoxy) is 1. The topological polar surface area (TPSA) is 88.8 Å². The number of rotatable bonds is 6. The molecule has 0 aliphatic heterocycles. The van der Waals surface area contributed by atoms with E-state index in [-0.39, 0.29) is 11.5 Å². The SMILES string of the molecule is CCOc1cc([C@H](Nc2cccc[nH+]2)c2ccc3cccnc3c2O)ccc1O. The number of hydrogen-bond donors (Lipinski definition) is 3. The van der Waals surface area contributed by atoms with Crippen LogP contribution in [0, 0.1) is 0 Å². The molecule has 1 atom stereocenters. The maximum atomic E-state index is 11.0. The van der Waals surface area contributed by atoms with Gasteiger partial charge in [-0.15, -0.1) is 0 Å². The zero-order valence-electron chi connectivity index (χ0n) is 16.0. The molecule has 0 aliphatic carbocycles. The lowest BCUT2D eigenvalue weighted by Crippen LogP contribution is -2.19. The monoisotopic (exact) mass is 388 g/mol. The lowest BCUT2D eigenvalue weighted by atomic mass is 9.96. The number of aromatic hydroxyl groups is 2. The number of fused-ring (bicyclic) bond motifs is 1. The summed E-state index contributed by atoms with van der Waals surface area (Å²) in [6.45, 7) is 2.30. The molecule has 0 fully saturated rings. The molecule has 2 aromatic heterocycles. The molecule has 0 bridgehead atoms. The van der Waals surface area contributed by atoms with E-state index in [0.29, 0.717) is 23.4 Å². The Balaban J connectivity index is 1.85. The Bertz CT molecular complexity index is 1130. The molecule has 0 saturated carbocycles. The van der Waals surface area contributed by atoms with Crippen molar-refractivity contribution in [3.8, 4) is 17.2 Å². The van der Waals surface area contributed by atoms with Crippen molar-refractivity contribution in [2.45, 2.75) is 13.0 Å². The number of pyridine rings is 2. The first kappa shape index (κ1) is 18.6. The van der Waals surface area contributed by atoms with Crippen molar-refractivity contribution < 1.29 is 19.9 Å². The molecule has 0 aliphatic rings. The average molecular weight is 388 g/mol. The number of phenolic OH excluding ortho intramolecular Hbond substituents is 2. The predicted octanol–water partition coefficient (Wildman–Crippen LogP) is 4.06. The van der Waals surface area contributed by atoms with Crippen LogP contribution in [0.1, 0.15) is 24.1 Å². The maximum absolute atomic E-state index is 11.0. The second-order valence-electron chi connectivity index (χ2n) is 6.59. The number of benzene rings is 2. The third kappa shape index (κ3) is 3.78. The first-order valence-corrected chi connectivity index (χ1v) is 9.43. The minimum absolute atomic E-state index is 0.0741. The van der Waals surface area contributed by atoms with E-state index >= 15 is 0 Å². The van der Waals surface area contributed by atoms with Crippen LogP contribution in [0.2, 0.25) is 0 Å². The van der Waals surface area contributed by atoms with Gasteiger partial charge in [-0.3, -0.25) is 10.3 Å². The number of H-pyrrole nitrogens is 1. The lowest BCUT2D eigenvalue weighted by Gasteiger charge is -2.18. The van der Waals surface area contributed by atoms with E-state index in [2.05, 4.69) is 15.3 Å². The van der Waals surface area contributed by atoms with E-state index in [1.54, 1.807) is 24.4 Å². The molecule has 29 heavy (non-hydrogen) atoms. The van der Waals surface area contributed by atoms with Crippen molar-refractivity contribution in [2.24, 2.45) is 0 Å². The molecule has 4 aromatic rings. The molecule has 0 spiro atoms. The van der Waals surface area contributed by atoms with Crippen molar-refractivity contribution in [1.82, 2.24) is 4.98 Å². The van der Waals surface area contributed by atoms with Gasteiger partial charge >= 0.3 is 0 Å². The summed E-state index contributed by atoms with van der Waals surface area (Å²) in [6.07, 6.45) is 3.48. The minimum Gasteiger partial charge on any atom is -0.505 e. The van der Waals surface area contributed by atoms with E-state index in [0.717, 1.165) is 16.8 Å². The fourth-order valence-electron chi connectivity index (χ4n) is 3.34. The van der Waals surface area contributed by atoms with Gasteiger partial charge in [-0.2, -0.15) is 0 Å². The predicted molar refractivity (Wildman–Crippen MR) is 111 cm³/mol. The van der Waals surface area contributed by atoms with Crippen molar-refractivity contribution in [3.05, 3.63) is 84.2 Å². The van der Waals surface area contributed by atoms with Crippen LogP contribution in [0.15, 0.2) is 73.1 Å². The molecule has 2 aromatic carbocycles. The Morgan fingerprint density at radius 3 is 2.76 bits per heavy atom. The Morgan fingerprint density at radius 2 is 1.97 bits per heavy atom. The van der Waals surface area contributed by atoms with Gasteiger partial charge in [0.2, 0.25) is 0 Å². The fourth-order valence-corrected chi connectivity index (χ4v) is 3.34. The quantitative estimate of drug-likeness (QED) is 0.464. The van der Waals surface area contributed by atoms with Gasteiger partial charge in [0.05, 0.1) is 12.8 Å². The molecule has 0 saturated heterocycles. The van der Waals surface area contributed by atoms with Crippen LogP contribution in [-0.2, 0) is 0 Å². The molecule has 4 N–H and O–H groups in total. The highest BCUT2D eigenvalue weighted by Gasteiger charge is 2.25. The highest BCUT2D eigenvalue weighted by molar-refractivity contribution is 5.86. The van der Waals surface area contributed by atoms with Gasteiger partial charge in [-0.05, 0) is 37.3 Å². The molecule has 6 nitrogen and oxygen atoms in total. The molecular formula is C23H22N3O3+. The standard InChI is InChI=1S/C23H21N3O3/c1-2-29-19-14-16(9-11-18(19)27)21(26-20-7-3-4-12-24-20)17-10-8-15-6-5-13-25-22(15)23(17)28/h3-14,21,27-28H,2H2,1H3,(H,24,26)/p+1/t21-/m0/s1.